The average molecular weight is 264 g/mol. The van der Waals surface area contributed by atoms with Crippen molar-refractivity contribution in [2.75, 3.05) is 6.54 Å². The molecule has 5 heteroatoms. The maximum Gasteiger partial charge on any atom is 0.315 e. The van der Waals surface area contributed by atoms with Crippen LogP contribution in [0, 0.1) is 6.92 Å². The van der Waals surface area contributed by atoms with Crippen LogP contribution in [0.3, 0.4) is 0 Å². The van der Waals surface area contributed by atoms with Gasteiger partial charge in [-0.25, -0.2) is 4.79 Å². The van der Waals surface area contributed by atoms with E-state index in [1.165, 1.54) is 19.3 Å². The van der Waals surface area contributed by atoms with Crippen LogP contribution in [0.15, 0.2) is 12.3 Å². The molecule has 1 aliphatic rings. The maximum atomic E-state index is 11.7. The Morgan fingerprint density at radius 1 is 1.42 bits per heavy atom. The van der Waals surface area contributed by atoms with Crippen LogP contribution in [0.4, 0.5) is 4.79 Å². The molecule has 1 heterocycles. The van der Waals surface area contributed by atoms with Gasteiger partial charge in [0.15, 0.2) is 0 Å². The van der Waals surface area contributed by atoms with Crippen LogP contribution >= 0.6 is 0 Å². The number of urea groups is 1. The zero-order valence-corrected chi connectivity index (χ0v) is 11.7. The molecular weight excluding hydrogens is 240 g/mol. The highest BCUT2D eigenvalue weighted by atomic mass is 16.2. The van der Waals surface area contributed by atoms with Crippen molar-refractivity contribution in [3.05, 3.63) is 18.0 Å². The number of rotatable bonds is 5. The summed E-state index contributed by atoms with van der Waals surface area (Å²) >= 11 is 0. The van der Waals surface area contributed by atoms with E-state index in [4.69, 9.17) is 0 Å². The van der Waals surface area contributed by atoms with Crippen molar-refractivity contribution in [1.82, 2.24) is 20.4 Å². The molecule has 0 radical (unpaired) electrons. The van der Waals surface area contributed by atoms with Crippen LogP contribution < -0.4 is 10.6 Å². The quantitative estimate of drug-likeness (QED) is 0.801. The van der Waals surface area contributed by atoms with E-state index in [1.807, 2.05) is 23.9 Å². The van der Waals surface area contributed by atoms with Gasteiger partial charge in [0.25, 0.3) is 0 Å². The second-order valence-corrected chi connectivity index (χ2v) is 5.31. The average Bonchev–Trinajstić information content (AvgIpc) is 2.82. The maximum absolute atomic E-state index is 11.7. The second-order valence-electron chi connectivity index (χ2n) is 5.31. The lowest BCUT2D eigenvalue weighted by Crippen LogP contribution is -2.43. The van der Waals surface area contributed by atoms with Crippen LogP contribution in [0.25, 0.3) is 0 Å². The Bertz CT molecular complexity index is 396. The van der Waals surface area contributed by atoms with Gasteiger partial charge in [-0.15, -0.1) is 0 Å². The molecule has 0 spiro atoms. The van der Waals surface area contributed by atoms with Gasteiger partial charge in [0.1, 0.15) is 0 Å². The van der Waals surface area contributed by atoms with Crippen LogP contribution in [-0.4, -0.2) is 28.4 Å². The Morgan fingerprint density at radius 3 is 2.89 bits per heavy atom. The molecule has 19 heavy (non-hydrogen) atoms. The first-order valence-electron chi connectivity index (χ1n) is 7.28. The summed E-state index contributed by atoms with van der Waals surface area (Å²) in [6.07, 6.45) is 8.91. The van der Waals surface area contributed by atoms with Crippen LogP contribution in [-0.2, 0) is 6.54 Å². The Hall–Kier alpha value is -1.52. The third-order valence-electron chi connectivity index (χ3n) is 3.56. The first kappa shape index (κ1) is 13.9. The van der Waals surface area contributed by atoms with Crippen molar-refractivity contribution in [2.45, 2.75) is 58.0 Å². The highest BCUT2D eigenvalue weighted by molar-refractivity contribution is 5.74. The lowest BCUT2D eigenvalue weighted by molar-refractivity contribution is 0.232. The number of hydrogen-bond donors (Lipinski definition) is 2. The minimum atomic E-state index is -0.0245. The lowest BCUT2D eigenvalue weighted by Gasteiger charge is -2.22. The van der Waals surface area contributed by atoms with Gasteiger partial charge in [-0.3, -0.25) is 4.68 Å². The molecule has 1 fully saturated rings. The van der Waals surface area contributed by atoms with Crippen molar-refractivity contribution >= 4 is 6.03 Å². The van der Waals surface area contributed by atoms with Gasteiger partial charge in [-0.2, -0.15) is 5.10 Å². The molecule has 106 valence electrons. The normalized spacial score (nSPS) is 16.3. The van der Waals surface area contributed by atoms with E-state index in [9.17, 15) is 4.79 Å². The van der Waals surface area contributed by atoms with Gasteiger partial charge < -0.3 is 10.6 Å². The summed E-state index contributed by atoms with van der Waals surface area (Å²) < 4.78 is 1.91. The second kappa shape index (κ2) is 7.16. The summed E-state index contributed by atoms with van der Waals surface area (Å²) in [5, 5.41) is 10.3. The number of carbonyl (C=O) groups excluding carboxylic acids is 1. The largest absolute Gasteiger partial charge is 0.338 e. The van der Waals surface area contributed by atoms with Gasteiger partial charge in [0, 0.05) is 25.3 Å². The Morgan fingerprint density at radius 2 is 2.21 bits per heavy atom. The summed E-state index contributed by atoms with van der Waals surface area (Å²) in [6.45, 7) is 3.52. The summed E-state index contributed by atoms with van der Waals surface area (Å²) in [7, 11) is 0. The third kappa shape index (κ3) is 4.93. The summed E-state index contributed by atoms with van der Waals surface area (Å²) in [5.41, 5.74) is 1.03. The van der Waals surface area contributed by atoms with E-state index in [0.717, 1.165) is 31.5 Å². The number of aryl methyl sites for hydroxylation is 2. The van der Waals surface area contributed by atoms with Gasteiger partial charge in [0.2, 0.25) is 0 Å². The predicted molar refractivity (Wildman–Crippen MR) is 75.0 cm³/mol. The highest BCUT2D eigenvalue weighted by Gasteiger charge is 2.14. The molecule has 0 aliphatic heterocycles. The molecule has 0 unspecified atom stereocenters. The molecule has 1 saturated carbocycles. The molecule has 2 amide bonds. The SMILES string of the molecule is Cc1ccn(CCCNC(=O)NC2CCCCC2)n1. The molecule has 0 bridgehead atoms. The van der Waals surface area contributed by atoms with E-state index in [0.29, 0.717) is 12.6 Å². The van der Waals surface area contributed by atoms with Gasteiger partial charge in [-0.1, -0.05) is 19.3 Å². The zero-order chi connectivity index (χ0) is 13.5. The molecule has 0 aromatic carbocycles. The Balaban J connectivity index is 1.56. The first-order chi connectivity index (χ1) is 9.24. The number of nitrogens with zero attached hydrogens (tertiary/aromatic N) is 2. The molecule has 0 atom stereocenters. The number of carbonyl (C=O) groups is 1. The molecule has 1 aromatic heterocycles. The number of hydrogen-bond acceptors (Lipinski definition) is 2. The van der Waals surface area contributed by atoms with Crippen LogP contribution in [0.2, 0.25) is 0 Å². The van der Waals surface area contributed by atoms with Gasteiger partial charge >= 0.3 is 6.03 Å². The number of amides is 2. The predicted octanol–water partition coefficient (Wildman–Crippen LogP) is 2.21. The van der Waals surface area contributed by atoms with Gasteiger partial charge in [0.05, 0.1) is 5.69 Å². The van der Waals surface area contributed by atoms with E-state index < -0.39 is 0 Å². The standard InChI is InChI=1S/C14H24N4O/c1-12-8-11-18(17-12)10-5-9-15-14(19)16-13-6-3-2-4-7-13/h8,11,13H,2-7,9-10H2,1H3,(H2,15,16,19). The molecule has 5 nitrogen and oxygen atoms in total. The van der Waals surface area contributed by atoms with Crippen molar-refractivity contribution in [3.8, 4) is 0 Å². The Labute approximate surface area is 114 Å². The summed E-state index contributed by atoms with van der Waals surface area (Å²) in [6, 6.07) is 2.34. The van der Waals surface area contributed by atoms with E-state index in [1.54, 1.807) is 0 Å². The fourth-order valence-electron chi connectivity index (χ4n) is 2.51. The zero-order valence-electron chi connectivity index (χ0n) is 11.7. The molecule has 1 aromatic rings. The monoisotopic (exact) mass is 264 g/mol. The number of nitrogens with one attached hydrogen (secondary N) is 2. The van der Waals surface area contributed by atoms with E-state index in [-0.39, 0.29) is 6.03 Å². The summed E-state index contributed by atoms with van der Waals surface area (Å²) in [5.74, 6) is 0. The third-order valence-corrected chi connectivity index (χ3v) is 3.56. The fourth-order valence-corrected chi connectivity index (χ4v) is 2.51. The van der Waals surface area contributed by atoms with Crippen molar-refractivity contribution in [1.29, 1.82) is 0 Å². The van der Waals surface area contributed by atoms with Crippen LogP contribution in [0.1, 0.15) is 44.2 Å². The summed E-state index contributed by atoms with van der Waals surface area (Å²) in [4.78, 5) is 11.7. The molecule has 2 rings (SSSR count). The Kier molecular flexibility index (Phi) is 5.24. The van der Waals surface area contributed by atoms with Gasteiger partial charge in [-0.05, 0) is 32.3 Å². The molecule has 1 aliphatic carbocycles. The van der Waals surface area contributed by atoms with E-state index in [2.05, 4.69) is 15.7 Å². The van der Waals surface area contributed by atoms with Crippen molar-refractivity contribution in [3.63, 3.8) is 0 Å². The highest BCUT2D eigenvalue weighted by Crippen LogP contribution is 2.17. The first-order valence-corrected chi connectivity index (χ1v) is 7.28. The number of aromatic nitrogens is 2. The smallest absolute Gasteiger partial charge is 0.315 e. The van der Waals surface area contributed by atoms with Crippen molar-refractivity contribution < 1.29 is 4.79 Å². The molecule has 2 N–H and O–H groups in total. The van der Waals surface area contributed by atoms with E-state index >= 15 is 0 Å². The molecular formula is C14H24N4O. The topological polar surface area (TPSA) is 59.0 Å². The fraction of sp³-hybridized carbons (Fsp3) is 0.714. The molecule has 0 saturated heterocycles. The lowest BCUT2D eigenvalue weighted by atomic mass is 9.96. The minimum absolute atomic E-state index is 0.0245. The van der Waals surface area contributed by atoms with Crippen LogP contribution in [0.5, 0.6) is 0 Å². The minimum Gasteiger partial charge on any atom is -0.338 e. The van der Waals surface area contributed by atoms with Crippen molar-refractivity contribution in [2.24, 2.45) is 0 Å².